The van der Waals surface area contributed by atoms with Gasteiger partial charge in [0.15, 0.2) is 6.10 Å². The molecule has 0 aliphatic heterocycles. The van der Waals surface area contributed by atoms with Crippen LogP contribution in [0.5, 0.6) is 0 Å². The number of unbranched alkanes of at least 4 members (excludes halogenated alkanes) is 7. The molecule has 0 saturated heterocycles. The molecule has 0 aromatic heterocycles. The molecule has 0 fully saturated rings. The van der Waals surface area contributed by atoms with E-state index in [1.165, 1.54) is 30.6 Å². The van der Waals surface area contributed by atoms with E-state index in [1.807, 2.05) is 0 Å². The van der Waals surface area contributed by atoms with Crippen LogP contribution in [-0.4, -0.2) is 92.2 Å². The Bertz CT molecular complexity index is 356. The van der Waals surface area contributed by atoms with Gasteiger partial charge in [0, 0.05) is 13.1 Å². The lowest BCUT2D eigenvalue weighted by atomic mass is 10.0. The Labute approximate surface area is 156 Å². The van der Waals surface area contributed by atoms with Crippen molar-refractivity contribution < 1.29 is 35.4 Å². The second-order valence-corrected chi connectivity index (χ2v) is 6.70. The summed E-state index contributed by atoms with van der Waals surface area (Å²) >= 11 is 0. The van der Waals surface area contributed by atoms with Gasteiger partial charge in [0.25, 0.3) is 5.91 Å². The van der Waals surface area contributed by atoms with Crippen molar-refractivity contribution in [2.24, 2.45) is 0 Å². The normalized spacial score (nSPS) is 16.1. The zero-order valence-electron chi connectivity index (χ0n) is 15.8. The molecule has 156 valence electrons. The molecule has 8 nitrogen and oxygen atoms in total. The van der Waals surface area contributed by atoms with E-state index < -0.39 is 36.9 Å². The molecule has 0 aliphatic carbocycles. The molecule has 26 heavy (non-hydrogen) atoms. The summed E-state index contributed by atoms with van der Waals surface area (Å²) in [4.78, 5) is 13.5. The Kier molecular flexibility index (Phi) is 14.9. The Morgan fingerprint density at radius 3 is 1.85 bits per heavy atom. The maximum atomic E-state index is 12.3. The molecule has 0 bridgehead atoms. The van der Waals surface area contributed by atoms with Crippen LogP contribution in [0.25, 0.3) is 0 Å². The molecule has 0 radical (unpaired) electrons. The highest BCUT2D eigenvalue weighted by Crippen LogP contribution is 2.11. The summed E-state index contributed by atoms with van der Waals surface area (Å²) < 4.78 is 0. The van der Waals surface area contributed by atoms with Crippen molar-refractivity contribution in [2.45, 2.75) is 82.7 Å². The monoisotopic (exact) mass is 379 g/mol. The van der Waals surface area contributed by atoms with E-state index >= 15 is 0 Å². The minimum absolute atomic E-state index is 0.0117. The summed E-state index contributed by atoms with van der Waals surface area (Å²) in [5.41, 5.74) is 0. The number of hydrogen-bond acceptors (Lipinski definition) is 7. The summed E-state index contributed by atoms with van der Waals surface area (Å²) in [5.74, 6) is -0.821. The van der Waals surface area contributed by atoms with Crippen molar-refractivity contribution in [1.82, 2.24) is 4.90 Å². The first-order chi connectivity index (χ1) is 12.4. The standard InChI is InChI=1S/C18H37NO7/c1-2-3-4-5-6-7-8-9-10-19(11-12-20)18(26)17(25)16(24)15(23)14(22)13-21/h14-17,20-25H,2-13H2,1H3. The molecular formula is C18H37NO7. The fourth-order valence-electron chi connectivity index (χ4n) is 2.74. The van der Waals surface area contributed by atoms with Gasteiger partial charge in [0.1, 0.15) is 18.3 Å². The van der Waals surface area contributed by atoms with Crippen LogP contribution in [0.2, 0.25) is 0 Å². The summed E-state index contributed by atoms with van der Waals surface area (Å²) in [7, 11) is 0. The number of aliphatic hydroxyl groups excluding tert-OH is 6. The van der Waals surface area contributed by atoms with Gasteiger partial charge < -0.3 is 35.5 Å². The minimum atomic E-state index is -1.94. The van der Waals surface area contributed by atoms with Gasteiger partial charge in [0.05, 0.1) is 13.2 Å². The maximum Gasteiger partial charge on any atom is 0.254 e. The number of nitrogens with zero attached hydrogens (tertiary/aromatic N) is 1. The van der Waals surface area contributed by atoms with Gasteiger partial charge in [-0.3, -0.25) is 4.79 Å². The lowest BCUT2D eigenvalue weighted by Gasteiger charge is -2.29. The summed E-state index contributed by atoms with van der Waals surface area (Å²) in [6.07, 6.45) is 1.34. The molecule has 0 aliphatic rings. The number of amides is 1. The van der Waals surface area contributed by atoms with Crippen LogP contribution >= 0.6 is 0 Å². The van der Waals surface area contributed by atoms with E-state index in [2.05, 4.69) is 6.92 Å². The first kappa shape index (κ1) is 25.2. The molecule has 4 atom stereocenters. The van der Waals surface area contributed by atoms with Gasteiger partial charge in [-0.25, -0.2) is 0 Å². The number of carbonyl (C=O) groups is 1. The molecule has 4 unspecified atom stereocenters. The number of carbonyl (C=O) groups excluding carboxylic acids is 1. The van der Waals surface area contributed by atoms with Crippen LogP contribution in [-0.2, 0) is 4.79 Å². The van der Waals surface area contributed by atoms with Crippen LogP contribution in [0.1, 0.15) is 58.3 Å². The zero-order chi connectivity index (χ0) is 19.9. The van der Waals surface area contributed by atoms with E-state index in [-0.39, 0.29) is 13.2 Å². The van der Waals surface area contributed by atoms with E-state index in [1.54, 1.807) is 0 Å². The third-order valence-corrected chi connectivity index (χ3v) is 4.47. The topological polar surface area (TPSA) is 142 Å². The van der Waals surface area contributed by atoms with Gasteiger partial charge in [-0.2, -0.15) is 0 Å². The highest BCUT2D eigenvalue weighted by molar-refractivity contribution is 5.81. The number of hydrogen-bond donors (Lipinski definition) is 6. The summed E-state index contributed by atoms with van der Waals surface area (Å²) in [6.45, 7) is 1.42. The predicted molar refractivity (Wildman–Crippen MR) is 97.4 cm³/mol. The predicted octanol–water partition coefficient (Wildman–Crippen LogP) is -0.616. The molecule has 0 heterocycles. The second-order valence-electron chi connectivity index (χ2n) is 6.70. The average Bonchev–Trinajstić information content (AvgIpc) is 2.66. The van der Waals surface area contributed by atoms with Crippen LogP contribution < -0.4 is 0 Å². The van der Waals surface area contributed by atoms with Gasteiger partial charge in [0.2, 0.25) is 0 Å². The average molecular weight is 379 g/mol. The highest BCUT2D eigenvalue weighted by atomic mass is 16.4. The molecular weight excluding hydrogens is 342 g/mol. The van der Waals surface area contributed by atoms with Crippen LogP contribution in [0, 0.1) is 0 Å². The van der Waals surface area contributed by atoms with E-state index in [9.17, 15) is 25.2 Å². The number of rotatable bonds is 16. The van der Waals surface area contributed by atoms with Crippen molar-refractivity contribution >= 4 is 5.91 Å². The van der Waals surface area contributed by atoms with Gasteiger partial charge >= 0.3 is 0 Å². The maximum absolute atomic E-state index is 12.3. The molecule has 6 N–H and O–H groups in total. The Morgan fingerprint density at radius 1 is 0.808 bits per heavy atom. The van der Waals surface area contributed by atoms with Crippen molar-refractivity contribution in [3.63, 3.8) is 0 Å². The van der Waals surface area contributed by atoms with Gasteiger partial charge in [-0.15, -0.1) is 0 Å². The van der Waals surface area contributed by atoms with Crippen LogP contribution in [0.3, 0.4) is 0 Å². The zero-order valence-corrected chi connectivity index (χ0v) is 15.8. The highest BCUT2D eigenvalue weighted by Gasteiger charge is 2.36. The molecule has 0 saturated carbocycles. The summed E-state index contributed by atoms with van der Waals surface area (Å²) in [5, 5.41) is 56.6. The van der Waals surface area contributed by atoms with Crippen molar-refractivity contribution in [1.29, 1.82) is 0 Å². The Hall–Kier alpha value is -0.770. The first-order valence-corrected chi connectivity index (χ1v) is 9.63. The molecule has 8 heteroatoms. The second kappa shape index (κ2) is 15.3. The molecule has 1 amide bonds. The fraction of sp³-hybridized carbons (Fsp3) is 0.944. The SMILES string of the molecule is CCCCCCCCCCN(CCO)C(=O)C(O)C(O)C(O)C(O)CO. The largest absolute Gasteiger partial charge is 0.395 e. The van der Waals surface area contributed by atoms with Crippen LogP contribution in [0.15, 0.2) is 0 Å². The van der Waals surface area contributed by atoms with E-state index in [4.69, 9.17) is 10.2 Å². The van der Waals surface area contributed by atoms with Crippen molar-refractivity contribution in [3.05, 3.63) is 0 Å². The van der Waals surface area contributed by atoms with Gasteiger partial charge in [-0.1, -0.05) is 51.9 Å². The Morgan fingerprint density at radius 2 is 1.35 bits per heavy atom. The third-order valence-electron chi connectivity index (χ3n) is 4.47. The fourth-order valence-corrected chi connectivity index (χ4v) is 2.74. The first-order valence-electron chi connectivity index (χ1n) is 9.63. The summed E-state index contributed by atoms with van der Waals surface area (Å²) in [6, 6.07) is 0. The third kappa shape index (κ3) is 9.80. The molecule has 0 rings (SSSR count). The quantitative estimate of drug-likeness (QED) is 0.196. The van der Waals surface area contributed by atoms with E-state index in [0.717, 1.165) is 19.3 Å². The number of aliphatic hydroxyl groups is 6. The smallest absolute Gasteiger partial charge is 0.254 e. The lowest BCUT2D eigenvalue weighted by molar-refractivity contribution is -0.158. The van der Waals surface area contributed by atoms with E-state index in [0.29, 0.717) is 13.0 Å². The lowest BCUT2D eigenvalue weighted by Crippen LogP contribution is -2.53. The van der Waals surface area contributed by atoms with Gasteiger partial charge in [-0.05, 0) is 6.42 Å². The van der Waals surface area contributed by atoms with Crippen molar-refractivity contribution in [3.8, 4) is 0 Å². The van der Waals surface area contributed by atoms with Crippen LogP contribution in [0.4, 0.5) is 0 Å². The Balaban J connectivity index is 4.34. The molecule has 0 spiro atoms. The van der Waals surface area contributed by atoms with Crippen molar-refractivity contribution in [2.75, 3.05) is 26.3 Å². The molecule has 0 aromatic rings. The minimum Gasteiger partial charge on any atom is -0.395 e. The molecule has 0 aromatic carbocycles.